The van der Waals surface area contributed by atoms with Crippen LogP contribution in [0.5, 0.6) is 0 Å². The molecule has 1 aliphatic rings. The first-order chi connectivity index (χ1) is 8.30. The van der Waals surface area contributed by atoms with Crippen molar-refractivity contribution in [1.29, 1.82) is 0 Å². The van der Waals surface area contributed by atoms with Gasteiger partial charge in [-0.2, -0.15) is 13.2 Å². The number of alkyl halides is 3. The maximum Gasteiger partial charge on any atom is 0.416 e. The standard InChI is InChI=1S/C12H12ClF4N/c13-8-4-3-7(12(15,16)17)10(11(8)14)9(18)5-6-1-2-6/h3-4,6,9H,1-2,5,18H2/t9-/m1/s1. The molecule has 1 atom stereocenters. The first-order valence-electron chi connectivity index (χ1n) is 5.61. The van der Waals surface area contributed by atoms with E-state index in [1.807, 2.05) is 0 Å². The van der Waals surface area contributed by atoms with Crippen molar-refractivity contribution in [2.45, 2.75) is 31.5 Å². The van der Waals surface area contributed by atoms with Crippen molar-refractivity contribution in [2.24, 2.45) is 11.7 Å². The molecule has 0 unspecified atom stereocenters. The van der Waals surface area contributed by atoms with E-state index in [0.717, 1.165) is 25.0 Å². The molecule has 1 aromatic rings. The molecule has 0 saturated heterocycles. The van der Waals surface area contributed by atoms with Gasteiger partial charge < -0.3 is 5.73 Å². The van der Waals surface area contributed by atoms with Crippen molar-refractivity contribution in [2.75, 3.05) is 0 Å². The van der Waals surface area contributed by atoms with Crippen LogP contribution in [0.1, 0.15) is 36.4 Å². The lowest BCUT2D eigenvalue weighted by molar-refractivity contribution is -0.138. The number of halogens is 5. The van der Waals surface area contributed by atoms with Crippen molar-refractivity contribution in [3.8, 4) is 0 Å². The zero-order chi connectivity index (χ0) is 13.5. The summed E-state index contributed by atoms with van der Waals surface area (Å²) < 4.78 is 52.2. The lowest BCUT2D eigenvalue weighted by Crippen LogP contribution is -2.20. The molecule has 6 heteroatoms. The SMILES string of the molecule is N[C@H](CC1CC1)c1c(C(F)(F)F)ccc(Cl)c1F. The monoisotopic (exact) mass is 281 g/mol. The van der Waals surface area contributed by atoms with Gasteiger partial charge in [-0.15, -0.1) is 0 Å². The van der Waals surface area contributed by atoms with Gasteiger partial charge in [0.25, 0.3) is 0 Å². The van der Waals surface area contributed by atoms with Crippen LogP contribution in [0.2, 0.25) is 5.02 Å². The summed E-state index contributed by atoms with van der Waals surface area (Å²) in [5, 5.41) is -0.329. The topological polar surface area (TPSA) is 26.0 Å². The Kier molecular flexibility index (Phi) is 3.56. The second-order valence-corrected chi connectivity index (χ2v) is 5.01. The largest absolute Gasteiger partial charge is 0.416 e. The molecule has 0 radical (unpaired) electrons. The number of hydrogen-bond donors (Lipinski definition) is 1. The second kappa shape index (κ2) is 4.70. The van der Waals surface area contributed by atoms with Gasteiger partial charge in [-0.1, -0.05) is 24.4 Å². The zero-order valence-electron chi connectivity index (χ0n) is 9.40. The molecular formula is C12H12ClF4N. The Morgan fingerprint density at radius 1 is 1.33 bits per heavy atom. The summed E-state index contributed by atoms with van der Waals surface area (Å²) >= 11 is 5.53. The summed E-state index contributed by atoms with van der Waals surface area (Å²) in [5.74, 6) is -0.751. The zero-order valence-corrected chi connectivity index (χ0v) is 10.2. The predicted octanol–water partition coefficient (Wildman–Crippen LogP) is 4.30. The van der Waals surface area contributed by atoms with E-state index in [4.69, 9.17) is 17.3 Å². The van der Waals surface area contributed by atoms with Crippen molar-refractivity contribution >= 4 is 11.6 Å². The third-order valence-electron chi connectivity index (χ3n) is 3.09. The molecule has 1 saturated carbocycles. The summed E-state index contributed by atoms with van der Waals surface area (Å²) in [6.07, 6.45) is -2.38. The predicted molar refractivity (Wildman–Crippen MR) is 60.7 cm³/mol. The van der Waals surface area contributed by atoms with Gasteiger partial charge >= 0.3 is 6.18 Å². The maximum absolute atomic E-state index is 13.8. The maximum atomic E-state index is 13.8. The van der Waals surface area contributed by atoms with E-state index >= 15 is 0 Å². The Morgan fingerprint density at radius 3 is 2.44 bits per heavy atom. The normalized spacial score (nSPS) is 17.9. The van der Waals surface area contributed by atoms with Crippen LogP contribution in [0, 0.1) is 11.7 Å². The van der Waals surface area contributed by atoms with Crippen LogP contribution in [-0.4, -0.2) is 0 Å². The van der Waals surface area contributed by atoms with Crippen LogP contribution in [0.4, 0.5) is 17.6 Å². The minimum Gasteiger partial charge on any atom is -0.324 e. The number of hydrogen-bond acceptors (Lipinski definition) is 1. The fourth-order valence-corrected chi connectivity index (χ4v) is 2.17. The molecule has 18 heavy (non-hydrogen) atoms. The molecule has 1 aromatic carbocycles. The highest BCUT2D eigenvalue weighted by atomic mass is 35.5. The molecule has 2 rings (SSSR count). The molecule has 0 spiro atoms. The highest BCUT2D eigenvalue weighted by Gasteiger charge is 2.38. The van der Waals surface area contributed by atoms with Gasteiger partial charge in [-0.25, -0.2) is 4.39 Å². The quantitative estimate of drug-likeness (QED) is 0.822. The molecule has 100 valence electrons. The Labute approximate surface area is 107 Å². The van der Waals surface area contributed by atoms with Gasteiger partial charge in [0, 0.05) is 11.6 Å². The first-order valence-corrected chi connectivity index (χ1v) is 5.99. The van der Waals surface area contributed by atoms with Gasteiger partial charge in [0.2, 0.25) is 0 Å². The molecule has 2 N–H and O–H groups in total. The van der Waals surface area contributed by atoms with Gasteiger partial charge in [0.15, 0.2) is 0 Å². The fraction of sp³-hybridized carbons (Fsp3) is 0.500. The van der Waals surface area contributed by atoms with Crippen LogP contribution in [0.25, 0.3) is 0 Å². The van der Waals surface area contributed by atoms with Crippen LogP contribution < -0.4 is 5.73 Å². The van der Waals surface area contributed by atoms with Crippen molar-refractivity contribution in [1.82, 2.24) is 0 Å². The fourth-order valence-electron chi connectivity index (χ4n) is 2.01. The molecule has 0 aliphatic heterocycles. The van der Waals surface area contributed by atoms with E-state index in [-0.39, 0.29) is 5.02 Å². The van der Waals surface area contributed by atoms with Crippen molar-refractivity contribution in [3.05, 3.63) is 34.1 Å². The number of rotatable bonds is 3. The van der Waals surface area contributed by atoms with Crippen molar-refractivity contribution < 1.29 is 17.6 Å². The number of benzene rings is 1. The summed E-state index contributed by atoms with van der Waals surface area (Å²) in [7, 11) is 0. The Balaban J connectivity index is 2.43. The van der Waals surface area contributed by atoms with Gasteiger partial charge in [-0.3, -0.25) is 0 Å². The third-order valence-corrected chi connectivity index (χ3v) is 3.38. The van der Waals surface area contributed by atoms with Gasteiger partial charge in [0.05, 0.1) is 10.6 Å². The van der Waals surface area contributed by atoms with E-state index in [0.29, 0.717) is 12.3 Å². The van der Waals surface area contributed by atoms with Crippen LogP contribution in [-0.2, 0) is 6.18 Å². The lowest BCUT2D eigenvalue weighted by Gasteiger charge is -2.19. The highest BCUT2D eigenvalue weighted by molar-refractivity contribution is 6.30. The molecule has 0 heterocycles. The molecule has 1 fully saturated rings. The highest BCUT2D eigenvalue weighted by Crippen LogP contribution is 2.42. The smallest absolute Gasteiger partial charge is 0.324 e. The van der Waals surface area contributed by atoms with E-state index < -0.39 is 29.2 Å². The minimum atomic E-state index is -4.62. The third kappa shape index (κ3) is 2.78. The van der Waals surface area contributed by atoms with E-state index in [1.165, 1.54) is 0 Å². The van der Waals surface area contributed by atoms with E-state index in [9.17, 15) is 17.6 Å². The molecule has 0 aromatic heterocycles. The van der Waals surface area contributed by atoms with Crippen LogP contribution in [0.15, 0.2) is 12.1 Å². The first kappa shape index (κ1) is 13.6. The second-order valence-electron chi connectivity index (χ2n) is 4.61. The summed E-state index contributed by atoms with van der Waals surface area (Å²) in [6.45, 7) is 0. The summed E-state index contributed by atoms with van der Waals surface area (Å²) in [6, 6.07) is 0.730. The minimum absolute atomic E-state index is 0.305. The molecule has 0 bridgehead atoms. The van der Waals surface area contributed by atoms with E-state index in [2.05, 4.69) is 0 Å². The summed E-state index contributed by atoms with van der Waals surface area (Å²) in [5.41, 5.74) is 4.16. The van der Waals surface area contributed by atoms with Crippen LogP contribution >= 0.6 is 11.6 Å². The molecule has 0 amide bonds. The van der Waals surface area contributed by atoms with Crippen molar-refractivity contribution in [3.63, 3.8) is 0 Å². The summed E-state index contributed by atoms with van der Waals surface area (Å²) in [4.78, 5) is 0. The number of nitrogens with two attached hydrogens (primary N) is 1. The molecule has 1 aliphatic carbocycles. The van der Waals surface area contributed by atoms with E-state index in [1.54, 1.807) is 0 Å². The lowest BCUT2D eigenvalue weighted by atomic mass is 9.96. The Bertz CT molecular complexity index is 454. The Hall–Kier alpha value is -0.810. The van der Waals surface area contributed by atoms with Gasteiger partial charge in [0.1, 0.15) is 5.82 Å². The molecule has 1 nitrogen and oxygen atoms in total. The van der Waals surface area contributed by atoms with Crippen LogP contribution in [0.3, 0.4) is 0 Å². The Morgan fingerprint density at radius 2 is 1.94 bits per heavy atom. The average molecular weight is 282 g/mol. The van der Waals surface area contributed by atoms with Gasteiger partial charge in [-0.05, 0) is 24.5 Å². The average Bonchev–Trinajstić information content (AvgIpc) is 3.03. The molecular weight excluding hydrogens is 270 g/mol.